The van der Waals surface area contributed by atoms with Crippen molar-refractivity contribution in [1.29, 1.82) is 0 Å². The van der Waals surface area contributed by atoms with Crippen LogP contribution >= 0.6 is 0 Å². The van der Waals surface area contributed by atoms with Crippen molar-refractivity contribution < 1.29 is 24.2 Å². The van der Waals surface area contributed by atoms with E-state index in [0.717, 1.165) is 5.39 Å². The zero-order chi connectivity index (χ0) is 19.1. The third-order valence-corrected chi connectivity index (χ3v) is 4.56. The topological polar surface area (TPSA) is 105 Å². The second-order valence-corrected chi connectivity index (χ2v) is 6.73. The highest BCUT2D eigenvalue weighted by Gasteiger charge is 2.40. The van der Waals surface area contributed by atoms with Crippen LogP contribution in [0.25, 0.3) is 17.1 Å². The normalized spacial score (nSPS) is 24.7. The Labute approximate surface area is 155 Å². The van der Waals surface area contributed by atoms with Crippen molar-refractivity contribution in [3.8, 4) is 0 Å². The number of hydrogen-bond acceptors (Lipinski definition) is 6. The molecule has 2 aliphatic rings. The Balaban J connectivity index is 1.70. The number of fused-ring (bicyclic) bond motifs is 1. The first-order valence-electron chi connectivity index (χ1n) is 8.68. The van der Waals surface area contributed by atoms with Crippen LogP contribution in [0.2, 0.25) is 0 Å². The van der Waals surface area contributed by atoms with Gasteiger partial charge in [-0.1, -0.05) is 0 Å². The summed E-state index contributed by atoms with van der Waals surface area (Å²) in [7, 11) is 0. The summed E-state index contributed by atoms with van der Waals surface area (Å²) < 4.78 is 11.4. The largest absolute Gasteiger partial charge is 0.477 e. The fraction of sp³-hybridized carbons (Fsp3) is 0.316. The standard InChI is InChI=1S/C19H19N3O5/c1-10-8-22(9-11(2)26-10)18-15(19(24)25)16(23)14(27-18)6-12-7-21-17-13(12)4-3-5-20-17/h3-7,10-11H,8-9H2,1-2H3,(H,20,21)(H,24,25). The highest BCUT2D eigenvalue weighted by atomic mass is 16.5. The summed E-state index contributed by atoms with van der Waals surface area (Å²) in [6.07, 6.45) is 4.73. The molecule has 2 aromatic rings. The molecule has 1 fully saturated rings. The van der Waals surface area contributed by atoms with Gasteiger partial charge in [0.15, 0.2) is 11.3 Å². The van der Waals surface area contributed by atoms with Gasteiger partial charge in [-0.05, 0) is 32.1 Å². The zero-order valence-electron chi connectivity index (χ0n) is 14.9. The van der Waals surface area contributed by atoms with E-state index in [1.807, 2.05) is 19.9 Å². The van der Waals surface area contributed by atoms with Crippen LogP contribution in [-0.4, -0.2) is 57.0 Å². The summed E-state index contributed by atoms with van der Waals surface area (Å²) in [5.41, 5.74) is 1.04. The van der Waals surface area contributed by atoms with Gasteiger partial charge in [0.05, 0.1) is 12.2 Å². The quantitative estimate of drug-likeness (QED) is 0.629. The molecule has 27 heavy (non-hydrogen) atoms. The van der Waals surface area contributed by atoms with E-state index in [1.165, 1.54) is 0 Å². The van der Waals surface area contributed by atoms with E-state index in [1.54, 1.807) is 29.4 Å². The van der Waals surface area contributed by atoms with E-state index in [2.05, 4.69) is 9.97 Å². The molecule has 0 bridgehead atoms. The van der Waals surface area contributed by atoms with E-state index in [4.69, 9.17) is 9.47 Å². The van der Waals surface area contributed by atoms with E-state index >= 15 is 0 Å². The van der Waals surface area contributed by atoms with Gasteiger partial charge in [-0.3, -0.25) is 4.79 Å². The zero-order valence-corrected chi connectivity index (χ0v) is 14.9. The number of nitrogens with one attached hydrogen (secondary N) is 1. The highest BCUT2D eigenvalue weighted by Crippen LogP contribution is 2.32. The number of Topliss-reactive ketones (excluding diaryl/α,β-unsaturated/α-hetero) is 1. The maximum absolute atomic E-state index is 12.7. The van der Waals surface area contributed by atoms with Crippen LogP contribution in [0.5, 0.6) is 0 Å². The molecule has 4 heterocycles. The Bertz CT molecular complexity index is 980. The molecule has 2 unspecified atom stereocenters. The predicted molar refractivity (Wildman–Crippen MR) is 96.4 cm³/mol. The van der Waals surface area contributed by atoms with Crippen LogP contribution in [0.3, 0.4) is 0 Å². The number of ketones is 1. The van der Waals surface area contributed by atoms with Crippen molar-refractivity contribution in [2.24, 2.45) is 0 Å². The van der Waals surface area contributed by atoms with Crippen molar-refractivity contribution in [3.63, 3.8) is 0 Å². The van der Waals surface area contributed by atoms with Gasteiger partial charge in [0, 0.05) is 36.4 Å². The molecule has 0 saturated carbocycles. The maximum Gasteiger partial charge on any atom is 0.345 e. The molecular weight excluding hydrogens is 350 g/mol. The SMILES string of the molecule is CC1CN(C2=C(C(=O)O)C(=O)C(=Cc3c[nH]c4ncccc34)O2)CC(C)O1. The molecule has 0 radical (unpaired) electrons. The molecule has 2 atom stereocenters. The number of H-pyrrole nitrogens is 1. The molecule has 2 aliphatic heterocycles. The summed E-state index contributed by atoms with van der Waals surface area (Å²) in [5, 5.41) is 10.4. The first-order chi connectivity index (χ1) is 12.9. The van der Waals surface area contributed by atoms with Crippen molar-refractivity contribution in [2.45, 2.75) is 26.1 Å². The first kappa shape index (κ1) is 17.3. The number of carboxylic acids is 1. The fourth-order valence-electron chi connectivity index (χ4n) is 3.51. The molecule has 0 spiro atoms. The number of aliphatic carboxylic acids is 1. The number of aromatic nitrogens is 2. The van der Waals surface area contributed by atoms with Crippen LogP contribution in [0, 0.1) is 0 Å². The number of carbonyl (C=O) groups is 2. The Kier molecular flexibility index (Phi) is 4.19. The average molecular weight is 369 g/mol. The lowest BCUT2D eigenvalue weighted by atomic mass is 10.1. The van der Waals surface area contributed by atoms with Gasteiger partial charge >= 0.3 is 5.97 Å². The van der Waals surface area contributed by atoms with Crippen LogP contribution in [0.15, 0.2) is 41.7 Å². The van der Waals surface area contributed by atoms with E-state index in [-0.39, 0.29) is 29.4 Å². The molecule has 2 N–H and O–H groups in total. The minimum absolute atomic E-state index is 0.0149. The summed E-state index contributed by atoms with van der Waals surface area (Å²) in [5.74, 6) is -1.87. The number of carboxylic acid groups (broad SMARTS) is 1. The molecule has 8 nitrogen and oxygen atoms in total. The number of pyridine rings is 1. The monoisotopic (exact) mass is 369 g/mol. The summed E-state index contributed by atoms with van der Waals surface area (Å²) in [6, 6.07) is 3.65. The lowest BCUT2D eigenvalue weighted by Gasteiger charge is -2.36. The van der Waals surface area contributed by atoms with E-state index < -0.39 is 11.8 Å². The van der Waals surface area contributed by atoms with Crippen molar-refractivity contribution in [2.75, 3.05) is 13.1 Å². The van der Waals surface area contributed by atoms with Gasteiger partial charge in [-0.2, -0.15) is 0 Å². The minimum atomic E-state index is -1.30. The Morgan fingerprint density at radius 3 is 2.81 bits per heavy atom. The third kappa shape index (κ3) is 3.08. The molecule has 1 saturated heterocycles. The summed E-state index contributed by atoms with van der Waals surface area (Å²) in [4.78, 5) is 33.4. The van der Waals surface area contributed by atoms with Gasteiger partial charge in [0.1, 0.15) is 5.65 Å². The summed E-state index contributed by atoms with van der Waals surface area (Å²) in [6.45, 7) is 4.70. The lowest BCUT2D eigenvalue weighted by Crippen LogP contribution is -2.45. The predicted octanol–water partition coefficient (Wildman–Crippen LogP) is 1.91. The van der Waals surface area contributed by atoms with Crippen LogP contribution in [0.1, 0.15) is 19.4 Å². The number of ether oxygens (including phenoxy) is 2. The average Bonchev–Trinajstić information content (AvgIpc) is 3.16. The Hall–Kier alpha value is -3.13. The van der Waals surface area contributed by atoms with Crippen LogP contribution in [0.4, 0.5) is 0 Å². The third-order valence-electron chi connectivity index (χ3n) is 4.56. The number of nitrogens with zero attached hydrogens (tertiary/aromatic N) is 2. The van der Waals surface area contributed by atoms with Crippen LogP contribution < -0.4 is 0 Å². The lowest BCUT2D eigenvalue weighted by molar-refractivity contribution is -0.134. The van der Waals surface area contributed by atoms with E-state index in [9.17, 15) is 14.7 Å². The van der Waals surface area contributed by atoms with Crippen molar-refractivity contribution >= 4 is 28.9 Å². The number of morpholine rings is 1. The van der Waals surface area contributed by atoms with Gasteiger partial charge in [0.2, 0.25) is 11.7 Å². The second kappa shape index (κ2) is 6.55. The molecule has 0 aliphatic carbocycles. The second-order valence-electron chi connectivity index (χ2n) is 6.73. The molecule has 0 amide bonds. The fourth-order valence-corrected chi connectivity index (χ4v) is 3.51. The number of rotatable bonds is 3. The van der Waals surface area contributed by atoms with Gasteiger partial charge in [-0.15, -0.1) is 0 Å². The number of carbonyl (C=O) groups excluding carboxylic acids is 1. The smallest absolute Gasteiger partial charge is 0.345 e. The van der Waals surface area contributed by atoms with Crippen LogP contribution in [-0.2, 0) is 19.1 Å². The molecular formula is C19H19N3O5. The van der Waals surface area contributed by atoms with Gasteiger partial charge < -0.3 is 24.5 Å². The molecule has 140 valence electrons. The number of aromatic amines is 1. The number of hydrogen-bond donors (Lipinski definition) is 2. The molecule has 4 rings (SSSR count). The Morgan fingerprint density at radius 2 is 2.11 bits per heavy atom. The van der Waals surface area contributed by atoms with E-state index in [0.29, 0.717) is 24.3 Å². The molecule has 2 aromatic heterocycles. The van der Waals surface area contributed by atoms with Gasteiger partial charge in [0.25, 0.3) is 0 Å². The first-order valence-corrected chi connectivity index (χ1v) is 8.68. The number of allylic oxidation sites excluding steroid dienone is 1. The summed E-state index contributed by atoms with van der Waals surface area (Å²) >= 11 is 0. The minimum Gasteiger partial charge on any atom is -0.477 e. The highest BCUT2D eigenvalue weighted by molar-refractivity contribution is 6.26. The van der Waals surface area contributed by atoms with Crippen molar-refractivity contribution in [1.82, 2.24) is 14.9 Å². The Morgan fingerprint density at radius 1 is 1.37 bits per heavy atom. The maximum atomic E-state index is 12.7. The molecule has 8 heteroatoms. The molecule has 0 aromatic carbocycles. The van der Waals surface area contributed by atoms with Gasteiger partial charge in [-0.25, -0.2) is 9.78 Å². The van der Waals surface area contributed by atoms with Crippen molar-refractivity contribution in [3.05, 3.63) is 47.3 Å².